The number of nitrogens with zero attached hydrogens (tertiary/aromatic N) is 2. The third-order valence-corrected chi connectivity index (χ3v) is 4.94. The summed E-state index contributed by atoms with van der Waals surface area (Å²) in [6, 6.07) is 3.97. The smallest absolute Gasteiger partial charge is 0.109 e. The molecule has 6 heteroatoms. The molecule has 1 aliphatic rings. The lowest BCUT2D eigenvalue weighted by molar-refractivity contribution is 0.0909. The third kappa shape index (κ3) is 3.57. The second kappa shape index (κ2) is 7.64. The Hall–Kier alpha value is -0.810. The van der Waals surface area contributed by atoms with Gasteiger partial charge in [-0.25, -0.2) is 4.98 Å². The minimum Gasteiger partial charge on any atom is -0.392 e. The number of rotatable bonds is 4. The van der Waals surface area contributed by atoms with Crippen molar-refractivity contribution in [1.29, 1.82) is 0 Å². The van der Waals surface area contributed by atoms with Crippen molar-refractivity contribution in [3.8, 4) is 0 Å². The van der Waals surface area contributed by atoms with Crippen LogP contribution >= 0.6 is 23.2 Å². The molecule has 0 spiro atoms. The molecule has 2 aromatic rings. The fourth-order valence-electron chi connectivity index (χ4n) is 2.96. The molecule has 2 atom stereocenters. The van der Waals surface area contributed by atoms with Gasteiger partial charge in [0.05, 0.1) is 28.0 Å². The van der Waals surface area contributed by atoms with Crippen molar-refractivity contribution in [3.05, 3.63) is 28.5 Å². The zero-order valence-corrected chi connectivity index (χ0v) is 13.2. The predicted molar refractivity (Wildman–Crippen MR) is 92.7 cm³/mol. The Balaban J connectivity index is 0.00000176. The van der Waals surface area contributed by atoms with Crippen LogP contribution in [0.3, 0.4) is 0 Å². The molecule has 0 saturated carbocycles. The van der Waals surface area contributed by atoms with E-state index in [1.807, 2.05) is 6.07 Å². The van der Waals surface area contributed by atoms with E-state index in [9.17, 15) is 5.11 Å². The monoisotopic (exact) mass is 343 g/mol. The molecule has 4 nitrogen and oxygen atoms in total. The van der Waals surface area contributed by atoms with E-state index in [1.165, 1.54) is 0 Å². The highest BCUT2D eigenvalue weighted by Gasteiger charge is 2.21. The predicted octanol–water partition coefficient (Wildman–Crippen LogP) is 3.87. The highest BCUT2D eigenvalue weighted by atomic mass is 35.5. The Morgan fingerprint density at radius 1 is 1.36 bits per heavy atom. The first-order valence-corrected chi connectivity index (χ1v) is 8.12. The van der Waals surface area contributed by atoms with Crippen LogP contribution in [0.5, 0.6) is 0 Å². The van der Waals surface area contributed by atoms with Crippen LogP contribution in [0.2, 0.25) is 10.0 Å². The highest BCUT2D eigenvalue weighted by molar-refractivity contribution is 6.44. The minimum absolute atomic E-state index is 0. The molecule has 1 aromatic heterocycles. The van der Waals surface area contributed by atoms with E-state index in [0.29, 0.717) is 10.0 Å². The van der Waals surface area contributed by atoms with Crippen LogP contribution in [0.1, 0.15) is 33.1 Å². The molecule has 2 heterocycles. The average Bonchev–Trinajstić information content (AvgIpc) is 2.89. The Morgan fingerprint density at radius 3 is 2.95 bits per heavy atom. The molecular formula is C16H23Cl2N3O. The van der Waals surface area contributed by atoms with Crippen molar-refractivity contribution in [2.45, 2.75) is 51.8 Å². The zero-order chi connectivity index (χ0) is 14.8. The number of fused-ring (bicyclic) bond motifs is 1. The van der Waals surface area contributed by atoms with E-state index in [1.54, 1.807) is 12.4 Å². The highest BCUT2D eigenvalue weighted by Crippen LogP contribution is 2.29. The zero-order valence-electron chi connectivity index (χ0n) is 11.7. The maximum absolute atomic E-state index is 9.95. The van der Waals surface area contributed by atoms with Crippen LogP contribution in [-0.4, -0.2) is 33.3 Å². The van der Waals surface area contributed by atoms with E-state index in [-0.39, 0.29) is 19.6 Å². The van der Waals surface area contributed by atoms with Crippen molar-refractivity contribution in [2.75, 3.05) is 6.54 Å². The van der Waals surface area contributed by atoms with Gasteiger partial charge in [0.1, 0.15) is 5.52 Å². The SMILES string of the molecule is C.O[C@H]1CCCN[C@@H]1CCCn1cnc2c(Cl)c(Cl)ccc21. The average molecular weight is 344 g/mol. The van der Waals surface area contributed by atoms with Gasteiger partial charge in [0, 0.05) is 12.6 Å². The molecule has 22 heavy (non-hydrogen) atoms. The Labute approximate surface area is 141 Å². The van der Waals surface area contributed by atoms with Gasteiger partial charge in [-0.3, -0.25) is 0 Å². The number of hydrogen-bond donors (Lipinski definition) is 2. The van der Waals surface area contributed by atoms with Crippen LogP contribution in [-0.2, 0) is 6.54 Å². The molecule has 0 bridgehead atoms. The van der Waals surface area contributed by atoms with E-state index >= 15 is 0 Å². The normalized spacial score (nSPS) is 21.8. The second-order valence-corrected chi connectivity index (χ2v) is 6.36. The number of benzene rings is 1. The number of hydrogen-bond acceptors (Lipinski definition) is 3. The quantitative estimate of drug-likeness (QED) is 0.885. The maximum Gasteiger partial charge on any atom is 0.109 e. The first kappa shape index (κ1) is 17.5. The fourth-order valence-corrected chi connectivity index (χ4v) is 3.33. The van der Waals surface area contributed by atoms with Crippen molar-refractivity contribution < 1.29 is 5.11 Å². The number of halogens is 2. The number of piperidine rings is 1. The molecule has 0 unspecified atom stereocenters. The first-order valence-electron chi connectivity index (χ1n) is 7.37. The minimum atomic E-state index is -0.216. The summed E-state index contributed by atoms with van der Waals surface area (Å²) in [5.41, 5.74) is 1.75. The van der Waals surface area contributed by atoms with Crippen molar-refractivity contribution in [2.24, 2.45) is 0 Å². The van der Waals surface area contributed by atoms with Crippen molar-refractivity contribution in [3.63, 3.8) is 0 Å². The number of aromatic nitrogens is 2. The Bertz CT molecular complexity index is 629. The molecule has 0 amide bonds. The first-order chi connectivity index (χ1) is 10.2. The lowest BCUT2D eigenvalue weighted by atomic mass is 9.97. The molecule has 1 saturated heterocycles. The van der Waals surface area contributed by atoms with Gasteiger partial charge in [-0.1, -0.05) is 30.6 Å². The summed E-state index contributed by atoms with van der Waals surface area (Å²) in [7, 11) is 0. The van der Waals surface area contributed by atoms with Gasteiger partial charge in [0.15, 0.2) is 0 Å². The summed E-state index contributed by atoms with van der Waals surface area (Å²) in [6.45, 7) is 1.86. The van der Waals surface area contributed by atoms with Gasteiger partial charge in [-0.05, 0) is 44.4 Å². The van der Waals surface area contributed by atoms with E-state index in [4.69, 9.17) is 23.2 Å². The standard InChI is InChI=1S/C15H19Cl2N3O.CH4/c16-10-5-6-12-15(14(10)17)19-9-20(12)8-2-3-11-13(21)4-1-7-18-11;/h5-6,9,11,13,18,21H,1-4,7-8H2;1H4/t11-,13+;/m1./s1. The lowest BCUT2D eigenvalue weighted by Gasteiger charge is -2.29. The van der Waals surface area contributed by atoms with Crippen LogP contribution in [0, 0.1) is 0 Å². The van der Waals surface area contributed by atoms with Crippen LogP contribution < -0.4 is 5.32 Å². The summed E-state index contributed by atoms with van der Waals surface area (Å²) >= 11 is 12.2. The van der Waals surface area contributed by atoms with E-state index in [2.05, 4.69) is 14.9 Å². The molecular weight excluding hydrogens is 321 g/mol. The number of imidazole rings is 1. The van der Waals surface area contributed by atoms with Crippen LogP contribution in [0.15, 0.2) is 18.5 Å². The van der Waals surface area contributed by atoms with E-state index in [0.717, 1.165) is 49.8 Å². The summed E-state index contributed by atoms with van der Waals surface area (Å²) in [6.07, 6.45) is 5.50. The summed E-state index contributed by atoms with van der Waals surface area (Å²) in [4.78, 5) is 4.34. The molecule has 2 N–H and O–H groups in total. The van der Waals surface area contributed by atoms with Gasteiger partial charge in [0.25, 0.3) is 0 Å². The second-order valence-electron chi connectivity index (χ2n) is 5.58. The van der Waals surface area contributed by atoms with Gasteiger partial charge >= 0.3 is 0 Å². The summed E-state index contributed by atoms with van der Waals surface area (Å²) in [5, 5.41) is 14.4. The van der Waals surface area contributed by atoms with Gasteiger partial charge < -0.3 is 15.0 Å². The van der Waals surface area contributed by atoms with Crippen LogP contribution in [0.4, 0.5) is 0 Å². The lowest BCUT2D eigenvalue weighted by Crippen LogP contribution is -2.44. The molecule has 1 fully saturated rings. The number of aryl methyl sites for hydroxylation is 1. The van der Waals surface area contributed by atoms with Crippen LogP contribution in [0.25, 0.3) is 11.0 Å². The number of aliphatic hydroxyl groups excluding tert-OH is 1. The largest absolute Gasteiger partial charge is 0.392 e. The molecule has 3 rings (SSSR count). The summed E-state index contributed by atoms with van der Waals surface area (Å²) < 4.78 is 2.09. The molecule has 0 radical (unpaired) electrons. The third-order valence-electron chi connectivity index (χ3n) is 4.15. The topological polar surface area (TPSA) is 50.1 Å². The summed E-state index contributed by atoms with van der Waals surface area (Å²) in [5.74, 6) is 0. The molecule has 1 aromatic carbocycles. The van der Waals surface area contributed by atoms with Crippen molar-refractivity contribution in [1.82, 2.24) is 14.9 Å². The Kier molecular flexibility index (Phi) is 6.09. The number of nitrogens with one attached hydrogen (secondary N) is 1. The van der Waals surface area contributed by atoms with Crippen molar-refractivity contribution >= 4 is 34.2 Å². The van der Waals surface area contributed by atoms with Gasteiger partial charge in [-0.15, -0.1) is 0 Å². The Morgan fingerprint density at radius 2 is 2.18 bits per heavy atom. The number of aliphatic hydroxyl groups is 1. The van der Waals surface area contributed by atoms with Gasteiger partial charge in [0.2, 0.25) is 0 Å². The van der Waals surface area contributed by atoms with Gasteiger partial charge in [-0.2, -0.15) is 0 Å². The fraction of sp³-hybridized carbons (Fsp3) is 0.562. The maximum atomic E-state index is 9.95. The molecule has 122 valence electrons. The van der Waals surface area contributed by atoms with E-state index < -0.39 is 0 Å². The molecule has 0 aliphatic carbocycles. The molecule has 1 aliphatic heterocycles.